The summed E-state index contributed by atoms with van der Waals surface area (Å²) in [6.07, 6.45) is 3.65. The van der Waals surface area contributed by atoms with Gasteiger partial charge in [-0.25, -0.2) is 9.67 Å². The number of hydrogen-bond donors (Lipinski definition) is 0. The summed E-state index contributed by atoms with van der Waals surface area (Å²) in [4.78, 5) is 32.7. The van der Waals surface area contributed by atoms with E-state index in [1.54, 1.807) is 21.3 Å². The van der Waals surface area contributed by atoms with Crippen molar-refractivity contribution >= 4 is 23.5 Å². The van der Waals surface area contributed by atoms with Crippen molar-refractivity contribution in [3.63, 3.8) is 0 Å². The third-order valence-corrected chi connectivity index (χ3v) is 5.56. The average molecular weight is 372 g/mol. The molecule has 1 aromatic heterocycles. The highest BCUT2D eigenvalue weighted by molar-refractivity contribution is 7.98. The lowest BCUT2D eigenvalue weighted by molar-refractivity contribution is -0.133. The molecule has 138 valence electrons. The van der Waals surface area contributed by atoms with Crippen LogP contribution in [0.15, 0.2) is 29.2 Å². The highest BCUT2D eigenvalue weighted by Gasteiger charge is 2.30. The summed E-state index contributed by atoms with van der Waals surface area (Å²) in [5.74, 6) is 1.39. The SMILES string of the molecule is CSc1ccccc1C(=O)[C@@H]1CCCN(C(=O)Cn2nc(C)nc2C)C1. The van der Waals surface area contributed by atoms with Crippen LogP contribution in [-0.4, -0.2) is 50.7 Å². The van der Waals surface area contributed by atoms with Crippen LogP contribution in [0.1, 0.15) is 34.8 Å². The number of carbonyl (C=O) groups excluding carboxylic acids is 2. The second-order valence-electron chi connectivity index (χ2n) is 6.61. The van der Waals surface area contributed by atoms with E-state index in [2.05, 4.69) is 10.1 Å². The smallest absolute Gasteiger partial charge is 0.244 e. The number of thioether (sulfide) groups is 1. The molecular formula is C19H24N4O2S. The molecule has 7 heteroatoms. The van der Waals surface area contributed by atoms with E-state index in [-0.39, 0.29) is 24.2 Å². The van der Waals surface area contributed by atoms with Crippen LogP contribution in [0.5, 0.6) is 0 Å². The maximum Gasteiger partial charge on any atom is 0.244 e. The van der Waals surface area contributed by atoms with Gasteiger partial charge in [-0.05, 0) is 39.0 Å². The molecule has 1 aromatic carbocycles. The molecule has 1 saturated heterocycles. The molecule has 3 rings (SSSR count). The maximum atomic E-state index is 13.0. The second-order valence-corrected chi connectivity index (χ2v) is 7.46. The van der Waals surface area contributed by atoms with E-state index in [1.807, 2.05) is 44.4 Å². The summed E-state index contributed by atoms with van der Waals surface area (Å²) in [7, 11) is 0. The lowest BCUT2D eigenvalue weighted by atomic mass is 9.90. The lowest BCUT2D eigenvalue weighted by Gasteiger charge is -2.32. The molecule has 6 nitrogen and oxygen atoms in total. The van der Waals surface area contributed by atoms with Gasteiger partial charge in [0.25, 0.3) is 0 Å². The Hall–Kier alpha value is -2.15. The molecule has 2 heterocycles. The Kier molecular flexibility index (Phi) is 5.76. The molecule has 0 N–H and O–H groups in total. The molecule has 0 radical (unpaired) electrons. The quantitative estimate of drug-likeness (QED) is 0.596. The van der Waals surface area contributed by atoms with Crippen LogP contribution in [0, 0.1) is 19.8 Å². The van der Waals surface area contributed by atoms with Gasteiger partial charge in [-0.3, -0.25) is 9.59 Å². The number of piperidine rings is 1. The maximum absolute atomic E-state index is 13.0. The molecule has 1 atom stereocenters. The van der Waals surface area contributed by atoms with Crippen LogP contribution >= 0.6 is 11.8 Å². The third-order valence-electron chi connectivity index (χ3n) is 4.76. The van der Waals surface area contributed by atoms with E-state index in [4.69, 9.17) is 0 Å². The van der Waals surface area contributed by atoms with Crippen LogP contribution in [-0.2, 0) is 11.3 Å². The van der Waals surface area contributed by atoms with Crippen molar-refractivity contribution in [3.05, 3.63) is 41.5 Å². The molecule has 1 amide bonds. The number of hydrogen-bond acceptors (Lipinski definition) is 5. The zero-order chi connectivity index (χ0) is 18.7. The summed E-state index contributed by atoms with van der Waals surface area (Å²) in [6, 6.07) is 7.70. The van der Waals surface area contributed by atoms with Crippen molar-refractivity contribution in [1.29, 1.82) is 0 Å². The zero-order valence-corrected chi connectivity index (χ0v) is 16.3. The van der Waals surface area contributed by atoms with Gasteiger partial charge < -0.3 is 4.90 Å². The van der Waals surface area contributed by atoms with Crippen LogP contribution in [0.4, 0.5) is 0 Å². The first-order chi connectivity index (χ1) is 12.5. The first-order valence-corrected chi connectivity index (χ1v) is 10.0. The average Bonchev–Trinajstić information content (AvgIpc) is 2.98. The fraction of sp³-hybridized carbons (Fsp3) is 0.474. The zero-order valence-electron chi connectivity index (χ0n) is 15.4. The van der Waals surface area contributed by atoms with E-state index in [1.165, 1.54) is 0 Å². The topological polar surface area (TPSA) is 68.1 Å². The molecule has 0 saturated carbocycles. The van der Waals surface area contributed by atoms with Crippen molar-refractivity contribution < 1.29 is 9.59 Å². The minimum atomic E-state index is -0.139. The second kappa shape index (κ2) is 8.03. The van der Waals surface area contributed by atoms with Crippen LogP contribution < -0.4 is 0 Å². The Morgan fingerprint density at radius 1 is 1.27 bits per heavy atom. The normalized spacial score (nSPS) is 17.3. The van der Waals surface area contributed by atoms with Gasteiger partial charge in [0.2, 0.25) is 5.91 Å². The number of aryl methyl sites for hydroxylation is 2. The van der Waals surface area contributed by atoms with Crippen molar-refractivity contribution in [2.45, 2.75) is 38.1 Å². The number of nitrogens with zero attached hydrogens (tertiary/aromatic N) is 4. The summed E-state index contributed by atoms with van der Waals surface area (Å²) in [5.41, 5.74) is 0.766. The minimum Gasteiger partial charge on any atom is -0.340 e. The van der Waals surface area contributed by atoms with Gasteiger partial charge in [-0.1, -0.05) is 18.2 Å². The predicted octanol–water partition coefficient (Wildman–Crippen LogP) is 2.74. The Labute approximate surface area is 158 Å². The number of rotatable bonds is 5. The molecule has 0 spiro atoms. The van der Waals surface area contributed by atoms with E-state index < -0.39 is 0 Å². The van der Waals surface area contributed by atoms with Crippen LogP contribution in [0.25, 0.3) is 0 Å². The monoisotopic (exact) mass is 372 g/mol. The number of carbonyl (C=O) groups is 2. The number of amides is 1. The summed E-state index contributed by atoms with van der Waals surface area (Å²) < 4.78 is 1.63. The highest BCUT2D eigenvalue weighted by Crippen LogP contribution is 2.27. The van der Waals surface area contributed by atoms with E-state index in [0.717, 1.165) is 29.1 Å². The largest absolute Gasteiger partial charge is 0.340 e. The summed E-state index contributed by atoms with van der Waals surface area (Å²) in [5, 5.41) is 4.26. The Morgan fingerprint density at radius 3 is 2.73 bits per heavy atom. The molecule has 1 aliphatic rings. The van der Waals surface area contributed by atoms with Crippen molar-refractivity contribution in [1.82, 2.24) is 19.7 Å². The van der Waals surface area contributed by atoms with Crippen molar-refractivity contribution in [3.8, 4) is 0 Å². The Bertz CT molecular complexity index is 818. The molecule has 0 bridgehead atoms. The Balaban J connectivity index is 1.69. The standard InChI is InChI=1S/C19H24N4O2S/c1-13-20-14(2)23(21-13)12-18(24)22-10-6-7-15(11-22)19(25)16-8-4-5-9-17(16)26-3/h4-5,8-9,15H,6-7,10-12H2,1-3H3/t15-/m1/s1. The van der Waals surface area contributed by atoms with Crippen molar-refractivity contribution in [2.24, 2.45) is 5.92 Å². The van der Waals surface area contributed by atoms with Gasteiger partial charge in [0, 0.05) is 29.5 Å². The van der Waals surface area contributed by atoms with Crippen LogP contribution in [0.3, 0.4) is 0 Å². The molecule has 0 aliphatic carbocycles. The molecule has 0 unspecified atom stereocenters. The van der Waals surface area contributed by atoms with Gasteiger partial charge >= 0.3 is 0 Å². The number of likely N-dealkylation sites (tertiary alicyclic amines) is 1. The first kappa shape index (κ1) is 18.6. The Morgan fingerprint density at radius 2 is 2.04 bits per heavy atom. The molecular weight excluding hydrogens is 348 g/mol. The fourth-order valence-corrected chi connectivity index (χ4v) is 4.03. The van der Waals surface area contributed by atoms with E-state index in [0.29, 0.717) is 18.9 Å². The lowest BCUT2D eigenvalue weighted by Crippen LogP contribution is -2.44. The summed E-state index contributed by atoms with van der Waals surface area (Å²) >= 11 is 1.58. The van der Waals surface area contributed by atoms with Gasteiger partial charge in [-0.15, -0.1) is 11.8 Å². The number of benzene rings is 1. The van der Waals surface area contributed by atoms with Gasteiger partial charge in [0.05, 0.1) is 0 Å². The number of aromatic nitrogens is 3. The predicted molar refractivity (Wildman–Crippen MR) is 101 cm³/mol. The number of Topliss-reactive ketones (excluding diaryl/α,β-unsaturated/α-hetero) is 1. The summed E-state index contributed by atoms with van der Waals surface area (Å²) in [6.45, 7) is 5.00. The van der Waals surface area contributed by atoms with Crippen molar-refractivity contribution in [2.75, 3.05) is 19.3 Å². The molecule has 26 heavy (non-hydrogen) atoms. The molecule has 1 fully saturated rings. The first-order valence-electron chi connectivity index (χ1n) is 8.82. The van der Waals surface area contributed by atoms with E-state index >= 15 is 0 Å². The third kappa shape index (κ3) is 3.98. The van der Waals surface area contributed by atoms with Crippen LogP contribution in [0.2, 0.25) is 0 Å². The van der Waals surface area contributed by atoms with Gasteiger partial charge in [0.15, 0.2) is 5.78 Å². The fourth-order valence-electron chi connectivity index (χ4n) is 3.42. The van der Waals surface area contributed by atoms with Gasteiger partial charge in [-0.2, -0.15) is 5.10 Å². The minimum absolute atomic E-state index is 0.00588. The van der Waals surface area contributed by atoms with E-state index in [9.17, 15) is 9.59 Å². The molecule has 1 aliphatic heterocycles. The van der Waals surface area contributed by atoms with Gasteiger partial charge in [0.1, 0.15) is 18.2 Å². The highest BCUT2D eigenvalue weighted by atomic mass is 32.2. The number of ketones is 1. The molecule has 2 aromatic rings.